The molecular weight excluding hydrogens is 403 g/mol. The molecule has 4 nitrogen and oxygen atoms in total. The summed E-state index contributed by atoms with van der Waals surface area (Å²) in [5.74, 6) is 0. The van der Waals surface area contributed by atoms with Gasteiger partial charge in [-0.1, -0.05) is 18.2 Å². The Balaban J connectivity index is 1.50. The SMILES string of the molecule is Cc1cc(Cc2cccc(C(F)(F)F)c2)cc([C@H]2CN(Cc3ccncc3)CCO2)n1. The van der Waals surface area contributed by atoms with Crippen molar-refractivity contribution in [2.75, 3.05) is 19.7 Å². The van der Waals surface area contributed by atoms with Gasteiger partial charge < -0.3 is 4.74 Å². The van der Waals surface area contributed by atoms with Gasteiger partial charge >= 0.3 is 6.18 Å². The van der Waals surface area contributed by atoms with Crippen LogP contribution in [-0.4, -0.2) is 34.6 Å². The normalized spacial score (nSPS) is 17.6. The Morgan fingerprint density at radius 2 is 1.84 bits per heavy atom. The highest BCUT2D eigenvalue weighted by Gasteiger charge is 2.30. The smallest absolute Gasteiger partial charge is 0.369 e. The fourth-order valence-electron chi connectivity index (χ4n) is 3.90. The van der Waals surface area contributed by atoms with Gasteiger partial charge in [-0.15, -0.1) is 0 Å². The molecule has 1 aliphatic heterocycles. The average molecular weight is 427 g/mol. The molecule has 0 saturated carbocycles. The molecule has 7 heteroatoms. The summed E-state index contributed by atoms with van der Waals surface area (Å²) in [7, 11) is 0. The lowest BCUT2D eigenvalue weighted by molar-refractivity contribution is -0.137. The number of aryl methyl sites for hydroxylation is 1. The predicted molar refractivity (Wildman–Crippen MR) is 111 cm³/mol. The van der Waals surface area contributed by atoms with Crippen molar-refractivity contribution in [1.29, 1.82) is 0 Å². The molecule has 0 radical (unpaired) electrons. The summed E-state index contributed by atoms with van der Waals surface area (Å²) in [5.41, 5.74) is 3.76. The van der Waals surface area contributed by atoms with Gasteiger partial charge in [-0.2, -0.15) is 13.2 Å². The number of benzene rings is 1. The van der Waals surface area contributed by atoms with E-state index in [4.69, 9.17) is 4.74 Å². The summed E-state index contributed by atoms with van der Waals surface area (Å²) in [6.45, 7) is 4.86. The second kappa shape index (κ2) is 9.16. The molecule has 1 aliphatic rings. The molecule has 0 aliphatic carbocycles. The molecule has 1 aromatic carbocycles. The molecule has 0 bridgehead atoms. The molecule has 0 spiro atoms. The fourth-order valence-corrected chi connectivity index (χ4v) is 3.90. The van der Waals surface area contributed by atoms with E-state index < -0.39 is 11.7 Å². The zero-order valence-corrected chi connectivity index (χ0v) is 17.3. The fraction of sp³-hybridized carbons (Fsp3) is 0.333. The molecule has 0 unspecified atom stereocenters. The lowest BCUT2D eigenvalue weighted by Crippen LogP contribution is -2.38. The number of halogens is 3. The van der Waals surface area contributed by atoms with Crippen molar-refractivity contribution < 1.29 is 17.9 Å². The van der Waals surface area contributed by atoms with Crippen molar-refractivity contribution in [3.8, 4) is 0 Å². The Kier molecular flexibility index (Phi) is 6.34. The molecule has 4 rings (SSSR count). The first-order chi connectivity index (χ1) is 14.9. The lowest BCUT2D eigenvalue weighted by atomic mass is 10.0. The molecule has 1 atom stereocenters. The van der Waals surface area contributed by atoms with Gasteiger partial charge in [0.25, 0.3) is 0 Å². The molecule has 3 heterocycles. The van der Waals surface area contributed by atoms with E-state index in [0.717, 1.165) is 36.1 Å². The largest absolute Gasteiger partial charge is 0.416 e. The van der Waals surface area contributed by atoms with Crippen molar-refractivity contribution in [2.24, 2.45) is 0 Å². The number of morpholine rings is 1. The average Bonchev–Trinajstić information content (AvgIpc) is 2.74. The van der Waals surface area contributed by atoms with Gasteiger partial charge in [0.1, 0.15) is 6.10 Å². The van der Waals surface area contributed by atoms with E-state index in [1.807, 2.05) is 31.2 Å². The number of hydrogen-bond donors (Lipinski definition) is 0. The number of aromatic nitrogens is 2. The van der Waals surface area contributed by atoms with E-state index >= 15 is 0 Å². The van der Waals surface area contributed by atoms with Crippen LogP contribution in [0.15, 0.2) is 60.9 Å². The Bertz CT molecular complexity index is 1020. The van der Waals surface area contributed by atoms with Gasteiger partial charge in [-0.25, -0.2) is 0 Å². The van der Waals surface area contributed by atoms with Crippen LogP contribution >= 0.6 is 0 Å². The first-order valence-electron chi connectivity index (χ1n) is 10.2. The Morgan fingerprint density at radius 3 is 2.61 bits per heavy atom. The molecule has 31 heavy (non-hydrogen) atoms. The van der Waals surface area contributed by atoms with Crippen LogP contribution in [-0.2, 0) is 23.9 Å². The summed E-state index contributed by atoms with van der Waals surface area (Å²) >= 11 is 0. The molecule has 0 N–H and O–H groups in total. The summed E-state index contributed by atoms with van der Waals surface area (Å²) in [4.78, 5) is 11.0. The monoisotopic (exact) mass is 427 g/mol. The molecular formula is C24H24F3N3O. The second-order valence-electron chi connectivity index (χ2n) is 7.87. The minimum atomic E-state index is -4.34. The van der Waals surface area contributed by atoms with Crippen LogP contribution in [0.25, 0.3) is 0 Å². The summed E-state index contributed by atoms with van der Waals surface area (Å²) in [6.07, 6.45) is -0.530. The minimum Gasteiger partial charge on any atom is -0.369 e. The molecule has 0 amide bonds. The van der Waals surface area contributed by atoms with Crippen molar-refractivity contribution in [3.63, 3.8) is 0 Å². The van der Waals surface area contributed by atoms with Crippen molar-refractivity contribution in [1.82, 2.24) is 14.9 Å². The molecule has 1 saturated heterocycles. The van der Waals surface area contributed by atoms with E-state index in [0.29, 0.717) is 25.1 Å². The van der Waals surface area contributed by atoms with E-state index in [1.54, 1.807) is 18.5 Å². The number of pyridine rings is 2. The number of rotatable bonds is 5. The van der Waals surface area contributed by atoms with E-state index in [-0.39, 0.29) is 6.10 Å². The van der Waals surface area contributed by atoms with E-state index in [1.165, 1.54) is 17.7 Å². The number of ether oxygens (including phenoxy) is 1. The lowest BCUT2D eigenvalue weighted by Gasteiger charge is -2.33. The molecule has 3 aromatic rings. The summed E-state index contributed by atoms with van der Waals surface area (Å²) in [5, 5.41) is 0. The zero-order valence-electron chi connectivity index (χ0n) is 17.3. The second-order valence-corrected chi connectivity index (χ2v) is 7.87. The van der Waals surface area contributed by atoms with Crippen molar-refractivity contribution in [3.05, 3.63) is 94.6 Å². The molecule has 1 fully saturated rings. The quantitative estimate of drug-likeness (QED) is 0.576. The van der Waals surface area contributed by atoms with Crippen LogP contribution in [0.2, 0.25) is 0 Å². The zero-order chi connectivity index (χ0) is 21.8. The number of hydrogen-bond acceptors (Lipinski definition) is 4. The van der Waals surface area contributed by atoms with Gasteiger partial charge in [0.2, 0.25) is 0 Å². The van der Waals surface area contributed by atoms with Gasteiger partial charge in [0.15, 0.2) is 0 Å². The number of nitrogens with zero attached hydrogens (tertiary/aromatic N) is 3. The summed E-state index contributed by atoms with van der Waals surface area (Å²) in [6, 6.07) is 13.4. The van der Waals surface area contributed by atoms with Crippen LogP contribution in [0, 0.1) is 6.92 Å². The maximum absolute atomic E-state index is 13.0. The van der Waals surface area contributed by atoms with Crippen LogP contribution in [0.4, 0.5) is 13.2 Å². The van der Waals surface area contributed by atoms with Crippen LogP contribution in [0.5, 0.6) is 0 Å². The highest BCUT2D eigenvalue weighted by Crippen LogP contribution is 2.30. The third-order valence-electron chi connectivity index (χ3n) is 5.33. The predicted octanol–water partition coefficient (Wildman–Crippen LogP) is 4.97. The maximum atomic E-state index is 13.0. The van der Waals surface area contributed by atoms with Crippen LogP contribution in [0.3, 0.4) is 0 Å². The maximum Gasteiger partial charge on any atom is 0.416 e. The first-order valence-corrected chi connectivity index (χ1v) is 10.2. The Labute approximate surface area is 179 Å². The molecule has 2 aromatic heterocycles. The van der Waals surface area contributed by atoms with Gasteiger partial charge in [-0.3, -0.25) is 14.9 Å². The van der Waals surface area contributed by atoms with Gasteiger partial charge in [0.05, 0.1) is 17.9 Å². The Hall–Kier alpha value is -2.77. The van der Waals surface area contributed by atoms with E-state index in [9.17, 15) is 13.2 Å². The highest BCUT2D eigenvalue weighted by molar-refractivity contribution is 5.32. The van der Waals surface area contributed by atoms with Crippen molar-refractivity contribution >= 4 is 0 Å². The summed E-state index contributed by atoms with van der Waals surface area (Å²) < 4.78 is 45.1. The van der Waals surface area contributed by atoms with Crippen LogP contribution in [0.1, 0.15) is 39.7 Å². The highest BCUT2D eigenvalue weighted by atomic mass is 19.4. The van der Waals surface area contributed by atoms with Gasteiger partial charge in [0, 0.05) is 37.7 Å². The molecule has 162 valence electrons. The minimum absolute atomic E-state index is 0.171. The first kappa shape index (κ1) is 21.5. The standard InChI is InChI=1S/C24H24F3N3O/c1-17-11-20(12-19-3-2-4-21(13-19)24(25,26)27)14-22(29-17)23-16-30(9-10-31-23)15-18-5-7-28-8-6-18/h2-8,11,13-14,23H,9-10,12,15-16H2,1H3/t23-/m1/s1. The van der Waals surface area contributed by atoms with Gasteiger partial charge in [-0.05, 0) is 60.4 Å². The number of alkyl halides is 3. The topological polar surface area (TPSA) is 38.2 Å². The van der Waals surface area contributed by atoms with Crippen LogP contribution < -0.4 is 0 Å². The van der Waals surface area contributed by atoms with E-state index in [2.05, 4.69) is 14.9 Å². The third kappa shape index (κ3) is 5.68. The van der Waals surface area contributed by atoms with Crippen molar-refractivity contribution in [2.45, 2.75) is 32.2 Å². The third-order valence-corrected chi connectivity index (χ3v) is 5.33. The Morgan fingerprint density at radius 1 is 1.03 bits per heavy atom.